The van der Waals surface area contributed by atoms with Gasteiger partial charge in [-0.25, -0.2) is 4.79 Å². The van der Waals surface area contributed by atoms with E-state index in [-0.39, 0.29) is 5.92 Å². The smallest absolute Gasteiger partial charge is 0.411 e. The van der Waals surface area contributed by atoms with Gasteiger partial charge < -0.3 is 9.64 Å². The van der Waals surface area contributed by atoms with Crippen molar-refractivity contribution in [3.05, 3.63) is 63.1 Å². The number of ether oxygens (including phenoxy) is 1. The summed E-state index contributed by atoms with van der Waals surface area (Å²) in [7, 11) is 3.41. The first-order valence-corrected chi connectivity index (χ1v) is 8.35. The number of hydrogen-bond donors (Lipinski definition) is 1. The molecule has 2 aromatic rings. The minimum Gasteiger partial charge on any atom is -0.453 e. The Morgan fingerprint density at radius 3 is 2.83 bits per heavy atom. The van der Waals surface area contributed by atoms with Crippen molar-refractivity contribution < 1.29 is 9.53 Å². The lowest BCUT2D eigenvalue weighted by Crippen LogP contribution is -2.31. The Hall–Kier alpha value is -1.75. The molecule has 0 bridgehead atoms. The van der Waals surface area contributed by atoms with Crippen LogP contribution in [0.15, 0.2) is 36.4 Å². The Morgan fingerprint density at radius 2 is 2.08 bits per heavy atom. The summed E-state index contributed by atoms with van der Waals surface area (Å²) in [5.41, 5.74) is 4.03. The van der Waals surface area contributed by atoms with Gasteiger partial charge in [0.15, 0.2) is 0 Å². The van der Waals surface area contributed by atoms with E-state index in [4.69, 9.17) is 23.2 Å². The normalized spacial score (nSPS) is 17.2. The van der Waals surface area contributed by atoms with Gasteiger partial charge in [0, 0.05) is 34.7 Å². The van der Waals surface area contributed by atoms with Crippen LogP contribution in [-0.2, 0) is 11.3 Å². The number of carbonyl (C=O) groups excluding carboxylic acids is 1. The molecule has 0 aliphatic carbocycles. The van der Waals surface area contributed by atoms with Crippen LogP contribution < -0.4 is 5.32 Å². The van der Waals surface area contributed by atoms with Gasteiger partial charge in [-0.1, -0.05) is 35.3 Å². The third-order valence-corrected chi connectivity index (χ3v) is 4.77. The number of methoxy groups -OCH3 is 1. The summed E-state index contributed by atoms with van der Waals surface area (Å²) < 4.78 is 4.65. The van der Waals surface area contributed by atoms with E-state index < -0.39 is 6.09 Å². The third kappa shape index (κ3) is 3.51. The van der Waals surface area contributed by atoms with E-state index >= 15 is 0 Å². The number of nitrogens with one attached hydrogen (secondary N) is 1. The molecule has 0 aromatic heterocycles. The highest BCUT2D eigenvalue weighted by Crippen LogP contribution is 2.38. The molecule has 1 atom stereocenters. The molecule has 1 amide bonds. The fourth-order valence-electron chi connectivity index (χ4n) is 3.13. The van der Waals surface area contributed by atoms with Crippen LogP contribution in [0.2, 0.25) is 10.0 Å². The maximum atomic E-state index is 11.4. The first-order valence-electron chi connectivity index (χ1n) is 7.59. The number of rotatable bonds is 2. The van der Waals surface area contributed by atoms with E-state index in [9.17, 15) is 4.79 Å². The second kappa shape index (κ2) is 7.01. The summed E-state index contributed by atoms with van der Waals surface area (Å²) in [6.07, 6.45) is -0.487. The third-order valence-electron chi connectivity index (χ3n) is 4.21. The number of anilines is 1. The molecule has 126 valence electrons. The molecule has 0 saturated heterocycles. The number of benzene rings is 2. The topological polar surface area (TPSA) is 41.6 Å². The number of hydrogen-bond acceptors (Lipinski definition) is 3. The minimum absolute atomic E-state index is 0.134. The number of carbonyl (C=O) groups is 1. The molecule has 1 aliphatic rings. The first-order chi connectivity index (χ1) is 11.5. The monoisotopic (exact) mass is 364 g/mol. The summed E-state index contributed by atoms with van der Waals surface area (Å²) in [4.78, 5) is 13.7. The number of likely N-dealkylation sites (N-methyl/N-ethyl adjacent to an activating group) is 1. The van der Waals surface area contributed by atoms with Gasteiger partial charge in [0.2, 0.25) is 0 Å². The van der Waals surface area contributed by atoms with Crippen LogP contribution in [-0.4, -0.2) is 31.7 Å². The lowest BCUT2D eigenvalue weighted by atomic mass is 9.84. The van der Waals surface area contributed by atoms with Gasteiger partial charge in [-0.15, -0.1) is 0 Å². The van der Waals surface area contributed by atoms with Gasteiger partial charge in [-0.3, -0.25) is 5.32 Å². The van der Waals surface area contributed by atoms with Crippen molar-refractivity contribution in [2.24, 2.45) is 0 Å². The second-order valence-electron chi connectivity index (χ2n) is 5.95. The molecule has 1 heterocycles. The van der Waals surface area contributed by atoms with Crippen LogP contribution in [0.1, 0.15) is 22.6 Å². The maximum absolute atomic E-state index is 11.4. The summed E-state index contributed by atoms with van der Waals surface area (Å²) in [6, 6.07) is 11.5. The zero-order valence-electron chi connectivity index (χ0n) is 13.5. The standard InChI is InChI=1S/C18H18Cl2N2O2/c1-22-9-15(14-7-12(19)8-17(20)16(14)10-22)11-4-3-5-13(6-11)21-18(23)24-2/h3-8,15H,9-10H2,1-2H3,(H,21,23). The molecule has 24 heavy (non-hydrogen) atoms. The molecular weight excluding hydrogens is 347 g/mol. The summed E-state index contributed by atoms with van der Waals surface area (Å²) in [5, 5.41) is 4.03. The van der Waals surface area contributed by atoms with Crippen molar-refractivity contribution in [3.63, 3.8) is 0 Å². The zero-order chi connectivity index (χ0) is 17.3. The molecule has 0 fully saturated rings. The van der Waals surface area contributed by atoms with Crippen LogP contribution in [0.3, 0.4) is 0 Å². The molecule has 1 N–H and O–H groups in total. The van der Waals surface area contributed by atoms with Crippen molar-refractivity contribution >= 4 is 35.0 Å². The van der Waals surface area contributed by atoms with Gasteiger partial charge in [-0.2, -0.15) is 0 Å². The van der Waals surface area contributed by atoms with E-state index in [1.165, 1.54) is 7.11 Å². The van der Waals surface area contributed by atoms with E-state index in [0.717, 1.165) is 29.8 Å². The minimum atomic E-state index is -0.487. The summed E-state index contributed by atoms with van der Waals surface area (Å²) in [6.45, 7) is 1.65. The highest BCUT2D eigenvalue weighted by Gasteiger charge is 2.27. The van der Waals surface area contributed by atoms with E-state index in [2.05, 4.69) is 22.0 Å². The fourth-order valence-corrected chi connectivity index (χ4v) is 3.70. The van der Waals surface area contributed by atoms with Gasteiger partial charge >= 0.3 is 6.09 Å². The molecule has 3 rings (SSSR count). The van der Waals surface area contributed by atoms with Crippen LogP contribution in [0, 0.1) is 0 Å². The van der Waals surface area contributed by atoms with Crippen molar-refractivity contribution in [1.82, 2.24) is 4.90 Å². The van der Waals surface area contributed by atoms with Gasteiger partial charge in [0.25, 0.3) is 0 Å². The Kier molecular flexibility index (Phi) is 4.99. The van der Waals surface area contributed by atoms with E-state index in [1.54, 1.807) is 6.07 Å². The molecule has 1 unspecified atom stereocenters. The lowest BCUT2D eigenvalue weighted by Gasteiger charge is -2.33. The zero-order valence-corrected chi connectivity index (χ0v) is 15.0. The molecule has 0 spiro atoms. The van der Waals surface area contributed by atoms with E-state index in [0.29, 0.717) is 15.7 Å². The molecular formula is C18H18Cl2N2O2. The van der Waals surface area contributed by atoms with Gasteiger partial charge in [0.05, 0.1) is 7.11 Å². The number of amides is 1. The largest absolute Gasteiger partial charge is 0.453 e. The van der Waals surface area contributed by atoms with Gasteiger partial charge in [-0.05, 0) is 48.0 Å². The Labute approximate surface area is 151 Å². The van der Waals surface area contributed by atoms with Crippen molar-refractivity contribution in [2.45, 2.75) is 12.5 Å². The van der Waals surface area contributed by atoms with Crippen molar-refractivity contribution in [2.75, 3.05) is 26.0 Å². The van der Waals surface area contributed by atoms with Crippen LogP contribution in [0.5, 0.6) is 0 Å². The van der Waals surface area contributed by atoms with Crippen LogP contribution >= 0.6 is 23.2 Å². The average molecular weight is 365 g/mol. The first kappa shape index (κ1) is 17.1. The second-order valence-corrected chi connectivity index (χ2v) is 6.79. The fraction of sp³-hybridized carbons (Fsp3) is 0.278. The predicted molar refractivity (Wildman–Crippen MR) is 97.1 cm³/mol. The Morgan fingerprint density at radius 1 is 1.29 bits per heavy atom. The maximum Gasteiger partial charge on any atom is 0.411 e. The van der Waals surface area contributed by atoms with Crippen molar-refractivity contribution in [3.8, 4) is 0 Å². The Bertz CT molecular complexity index is 780. The predicted octanol–water partition coefficient (Wildman–Crippen LogP) is 4.75. The summed E-state index contributed by atoms with van der Waals surface area (Å²) in [5.74, 6) is 0.134. The SMILES string of the molecule is COC(=O)Nc1cccc(C2CN(C)Cc3c(Cl)cc(Cl)cc32)c1. The molecule has 1 aliphatic heterocycles. The molecule has 4 nitrogen and oxygen atoms in total. The highest BCUT2D eigenvalue weighted by atomic mass is 35.5. The van der Waals surface area contributed by atoms with Crippen LogP contribution in [0.25, 0.3) is 0 Å². The highest BCUT2D eigenvalue weighted by molar-refractivity contribution is 6.35. The number of nitrogens with zero attached hydrogens (tertiary/aromatic N) is 1. The van der Waals surface area contributed by atoms with Crippen LogP contribution in [0.4, 0.5) is 10.5 Å². The summed E-state index contributed by atoms with van der Waals surface area (Å²) >= 11 is 12.6. The van der Waals surface area contributed by atoms with Crippen molar-refractivity contribution in [1.29, 1.82) is 0 Å². The number of halogens is 2. The molecule has 0 saturated carbocycles. The van der Waals surface area contributed by atoms with E-state index in [1.807, 2.05) is 30.3 Å². The lowest BCUT2D eigenvalue weighted by molar-refractivity contribution is 0.187. The molecule has 2 aromatic carbocycles. The Balaban J connectivity index is 2.01. The molecule has 0 radical (unpaired) electrons. The van der Waals surface area contributed by atoms with Gasteiger partial charge in [0.1, 0.15) is 0 Å². The molecule has 6 heteroatoms. The quantitative estimate of drug-likeness (QED) is 0.835. The average Bonchev–Trinajstić information content (AvgIpc) is 2.55. The number of fused-ring (bicyclic) bond motifs is 1.